The first-order valence-electron chi connectivity index (χ1n) is 4.88. The van der Waals surface area contributed by atoms with Crippen LogP contribution in [0, 0.1) is 5.82 Å². The van der Waals surface area contributed by atoms with Crippen molar-refractivity contribution in [2.75, 3.05) is 18.5 Å². The predicted octanol–water partition coefficient (Wildman–Crippen LogP) is 0.801. The van der Waals surface area contributed by atoms with E-state index < -0.39 is 17.8 Å². The van der Waals surface area contributed by atoms with Crippen LogP contribution < -0.4 is 10.6 Å². The van der Waals surface area contributed by atoms with Gasteiger partial charge in [0, 0.05) is 7.05 Å². The highest BCUT2D eigenvalue weighted by atomic mass is 19.1. The lowest BCUT2D eigenvalue weighted by molar-refractivity contribution is -0.116. The summed E-state index contributed by atoms with van der Waals surface area (Å²) < 4.78 is 13.6. The Balaban J connectivity index is 2.94. The van der Waals surface area contributed by atoms with E-state index in [1.807, 2.05) is 0 Å². The van der Waals surface area contributed by atoms with Gasteiger partial charge in [0.05, 0.1) is 18.3 Å². The Morgan fingerprint density at radius 1 is 1.62 bits per heavy atom. The number of hydrogen-bond acceptors (Lipinski definition) is 3. The molecule has 1 rings (SSSR count). The van der Waals surface area contributed by atoms with E-state index in [0.717, 1.165) is 0 Å². The molecular formula is C11H15FN2O2. The lowest BCUT2D eigenvalue weighted by atomic mass is 10.1. The number of primary amides is 1. The van der Waals surface area contributed by atoms with Crippen molar-refractivity contribution in [2.45, 2.75) is 13.0 Å². The van der Waals surface area contributed by atoms with Crippen molar-refractivity contribution in [3.63, 3.8) is 0 Å². The maximum atomic E-state index is 13.6. The number of nitrogens with zero attached hydrogens (tertiary/aromatic N) is 1. The Kier molecular flexibility index (Phi) is 3.84. The summed E-state index contributed by atoms with van der Waals surface area (Å²) in [6.45, 7) is 1.51. The van der Waals surface area contributed by atoms with Crippen molar-refractivity contribution in [3.05, 3.63) is 29.6 Å². The molecule has 0 aromatic heterocycles. The molecule has 16 heavy (non-hydrogen) atoms. The van der Waals surface area contributed by atoms with Crippen molar-refractivity contribution < 1.29 is 14.3 Å². The van der Waals surface area contributed by atoms with Crippen molar-refractivity contribution in [2.24, 2.45) is 5.73 Å². The van der Waals surface area contributed by atoms with Crippen LogP contribution in [0.1, 0.15) is 18.6 Å². The molecule has 3 N–H and O–H groups in total. The Morgan fingerprint density at radius 2 is 2.25 bits per heavy atom. The Hall–Kier alpha value is -1.62. The van der Waals surface area contributed by atoms with Crippen LogP contribution >= 0.6 is 0 Å². The molecule has 0 spiro atoms. The molecule has 1 aromatic carbocycles. The van der Waals surface area contributed by atoms with Gasteiger partial charge in [0.25, 0.3) is 0 Å². The van der Waals surface area contributed by atoms with Crippen molar-refractivity contribution in [1.82, 2.24) is 0 Å². The molecule has 0 saturated carbocycles. The number of benzene rings is 1. The van der Waals surface area contributed by atoms with Crippen LogP contribution in [0.4, 0.5) is 10.1 Å². The summed E-state index contributed by atoms with van der Waals surface area (Å²) in [6.07, 6.45) is -0.718. The first-order valence-corrected chi connectivity index (χ1v) is 4.88. The number of rotatable bonds is 4. The van der Waals surface area contributed by atoms with Crippen molar-refractivity contribution >= 4 is 11.6 Å². The molecule has 4 nitrogen and oxygen atoms in total. The molecular weight excluding hydrogens is 211 g/mol. The zero-order valence-electron chi connectivity index (χ0n) is 9.27. The van der Waals surface area contributed by atoms with Gasteiger partial charge in [0.15, 0.2) is 0 Å². The second-order valence-corrected chi connectivity index (χ2v) is 3.71. The second-order valence-electron chi connectivity index (χ2n) is 3.71. The summed E-state index contributed by atoms with van der Waals surface area (Å²) >= 11 is 0. The van der Waals surface area contributed by atoms with Gasteiger partial charge in [-0.2, -0.15) is 0 Å². The normalized spacial score (nSPS) is 12.2. The number of nitrogens with two attached hydrogens (primary N) is 1. The number of amides is 1. The molecule has 0 bridgehead atoms. The molecule has 0 fully saturated rings. The van der Waals surface area contributed by atoms with Gasteiger partial charge in [-0.1, -0.05) is 6.07 Å². The van der Waals surface area contributed by atoms with E-state index in [1.165, 1.54) is 17.0 Å². The zero-order valence-corrected chi connectivity index (χ0v) is 9.27. The maximum absolute atomic E-state index is 13.6. The minimum absolute atomic E-state index is 0.0506. The van der Waals surface area contributed by atoms with Crippen molar-refractivity contribution in [1.29, 1.82) is 0 Å². The fraction of sp³-hybridized carbons (Fsp3) is 0.364. The number of anilines is 1. The molecule has 1 atom stereocenters. The van der Waals surface area contributed by atoms with Gasteiger partial charge >= 0.3 is 0 Å². The second kappa shape index (κ2) is 4.94. The highest BCUT2D eigenvalue weighted by molar-refractivity contribution is 5.79. The average molecular weight is 226 g/mol. The van der Waals surface area contributed by atoms with E-state index in [9.17, 15) is 14.3 Å². The third kappa shape index (κ3) is 2.93. The molecule has 5 heteroatoms. The first kappa shape index (κ1) is 12.4. The molecule has 0 radical (unpaired) electrons. The van der Waals surface area contributed by atoms with E-state index in [2.05, 4.69) is 0 Å². The van der Waals surface area contributed by atoms with Gasteiger partial charge in [0.1, 0.15) is 5.82 Å². The molecule has 0 unspecified atom stereocenters. The van der Waals surface area contributed by atoms with E-state index in [4.69, 9.17) is 5.73 Å². The lowest BCUT2D eigenvalue weighted by Gasteiger charge is -2.18. The summed E-state index contributed by atoms with van der Waals surface area (Å²) in [5.41, 5.74) is 5.79. The Bertz CT molecular complexity index is 394. The van der Waals surface area contributed by atoms with Crippen molar-refractivity contribution in [3.8, 4) is 0 Å². The topological polar surface area (TPSA) is 66.6 Å². The predicted molar refractivity (Wildman–Crippen MR) is 59.5 cm³/mol. The van der Waals surface area contributed by atoms with Crippen LogP contribution in [0.3, 0.4) is 0 Å². The number of aliphatic hydroxyl groups is 1. The monoisotopic (exact) mass is 226 g/mol. The summed E-state index contributed by atoms with van der Waals surface area (Å²) in [7, 11) is 1.57. The number of carbonyl (C=O) groups is 1. The number of carbonyl (C=O) groups excluding carboxylic acids is 1. The first-order chi connectivity index (χ1) is 7.41. The summed E-state index contributed by atoms with van der Waals surface area (Å²) in [5.74, 6) is -1.01. The molecule has 1 aromatic rings. The molecule has 0 heterocycles. The fourth-order valence-electron chi connectivity index (χ4n) is 1.41. The van der Waals surface area contributed by atoms with Crippen LogP contribution in [-0.4, -0.2) is 24.6 Å². The molecule has 0 aliphatic heterocycles. The largest absolute Gasteiger partial charge is 0.389 e. The Labute approximate surface area is 93.5 Å². The number of likely N-dealkylation sites (N-methyl/N-ethyl adjacent to an activating group) is 1. The van der Waals surface area contributed by atoms with Gasteiger partial charge in [-0.15, -0.1) is 0 Å². The molecule has 0 aliphatic rings. The van der Waals surface area contributed by atoms with Crippen LogP contribution in [0.2, 0.25) is 0 Å². The van der Waals surface area contributed by atoms with Gasteiger partial charge < -0.3 is 15.7 Å². The van der Waals surface area contributed by atoms with E-state index in [1.54, 1.807) is 20.0 Å². The minimum atomic E-state index is -0.718. The molecule has 0 aliphatic carbocycles. The zero-order chi connectivity index (χ0) is 12.3. The van der Waals surface area contributed by atoms with Gasteiger partial charge in [-0.05, 0) is 24.6 Å². The van der Waals surface area contributed by atoms with Gasteiger partial charge in [-0.3, -0.25) is 4.79 Å². The maximum Gasteiger partial charge on any atom is 0.236 e. The average Bonchev–Trinajstić information content (AvgIpc) is 2.15. The van der Waals surface area contributed by atoms with E-state index in [-0.39, 0.29) is 12.2 Å². The van der Waals surface area contributed by atoms with Gasteiger partial charge in [-0.25, -0.2) is 4.39 Å². The summed E-state index contributed by atoms with van der Waals surface area (Å²) in [4.78, 5) is 12.1. The van der Waals surface area contributed by atoms with Crippen LogP contribution in [-0.2, 0) is 4.79 Å². The van der Waals surface area contributed by atoms with Crippen LogP contribution in [0.25, 0.3) is 0 Å². The number of aliphatic hydroxyl groups excluding tert-OH is 1. The van der Waals surface area contributed by atoms with E-state index in [0.29, 0.717) is 5.56 Å². The highest BCUT2D eigenvalue weighted by Crippen LogP contribution is 2.22. The molecule has 88 valence electrons. The summed E-state index contributed by atoms with van der Waals surface area (Å²) in [5, 5.41) is 9.27. The number of halogens is 1. The van der Waals surface area contributed by atoms with Crippen LogP contribution in [0.5, 0.6) is 0 Å². The minimum Gasteiger partial charge on any atom is -0.389 e. The standard InChI is InChI=1S/C11H15FN2O2/c1-7(15)8-3-4-10(9(12)5-8)14(2)6-11(13)16/h3-5,7,15H,6H2,1-2H3,(H2,13,16)/t7-/m1/s1. The lowest BCUT2D eigenvalue weighted by Crippen LogP contribution is -2.31. The highest BCUT2D eigenvalue weighted by Gasteiger charge is 2.11. The summed E-state index contributed by atoms with van der Waals surface area (Å²) in [6, 6.07) is 4.37. The third-order valence-electron chi connectivity index (χ3n) is 2.26. The smallest absolute Gasteiger partial charge is 0.236 e. The SMILES string of the molecule is C[C@@H](O)c1ccc(N(C)CC(N)=O)c(F)c1. The van der Waals surface area contributed by atoms with Crippen LogP contribution in [0.15, 0.2) is 18.2 Å². The number of hydrogen-bond donors (Lipinski definition) is 2. The fourth-order valence-corrected chi connectivity index (χ4v) is 1.41. The van der Waals surface area contributed by atoms with Gasteiger partial charge in [0.2, 0.25) is 5.91 Å². The molecule has 1 amide bonds. The third-order valence-corrected chi connectivity index (χ3v) is 2.26. The Morgan fingerprint density at radius 3 is 2.69 bits per heavy atom. The molecule has 0 saturated heterocycles. The van der Waals surface area contributed by atoms with E-state index >= 15 is 0 Å². The quantitative estimate of drug-likeness (QED) is 0.798.